The maximum atomic E-state index is 12.6. The van der Waals surface area contributed by atoms with E-state index < -0.39 is 0 Å². The van der Waals surface area contributed by atoms with E-state index in [2.05, 4.69) is 10.6 Å². The van der Waals surface area contributed by atoms with Crippen molar-refractivity contribution in [1.82, 2.24) is 10.2 Å². The summed E-state index contributed by atoms with van der Waals surface area (Å²) in [4.78, 5) is 14.4. The Morgan fingerprint density at radius 1 is 1.00 bits per heavy atom. The number of anilines is 1. The largest absolute Gasteiger partial charge is 0.493 e. The van der Waals surface area contributed by atoms with Crippen LogP contribution in [0.3, 0.4) is 0 Å². The Bertz CT molecular complexity index is 749. The van der Waals surface area contributed by atoms with E-state index >= 15 is 0 Å². The Labute approximate surface area is 154 Å². The van der Waals surface area contributed by atoms with Crippen molar-refractivity contribution >= 4 is 11.6 Å². The van der Waals surface area contributed by atoms with Gasteiger partial charge in [0.2, 0.25) is 0 Å². The number of methoxy groups -OCH3 is 2. The van der Waals surface area contributed by atoms with E-state index in [0.717, 1.165) is 30.9 Å². The lowest BCUT2D eigenvalue weighted by molar-refractivity contribution is 0.0780. The van der Waals surface area contributed by atoms with E-state index in [1.54, 1.807) is 20.3 Å². The van der Waals surface area contributed by atoms with E-state index in [9.17, 15) is 4.79 Å². The monoisotopic (exact) mass is 355 g/mol. The molecule has 0 radical (unpaired) electrons. The third-order valence-corrected chi connectivity index (χ3v) is 4.45. The molecule has 0 spiro atoms. The van der Waals surface area contributed by atoms with Crippen molar-refractivity contribution in [3.05, 3.63) is 53.6 Å². The number of carbonyl (C=O) groups excluding carboxylic acids is 1. The molecule has 2 aromatic carbocycles. The highest BCUT2D eigenvalue weighted by Crippen LogP contribution is 2.34. The van der Waals surface area contributed by atoms with Crippen LogP contribution in [0.15, 0.2) is 42.5 Å². The number of hydrogen-bond acceptors (Lipinski definition) is 5. The molecule has 1 aliphatic heterocycles. The minimum absolute atomic E-state index is 0.0464. The number of amides is 1. The van der Waals surface area contributed by atoms with Crippen LogP contribution in [0.2, 0.25) is 0 Å². The number of hydrogen-bond donors (Lipinski definition) is 2. The molecule has 2 N–H and O–H groups in total. The third kappa shape index (κ3) is 4.08. The maximum Gasteiger partial charge on any atom is 0.254 e. The van der Waals surface area contributed by atoms with Crippen LogP contribution in [-0.2, 0) is 6.54 Å². The van der Waals surface area contributed by atoms with Crippen LogP contribution in [0.4, 0.5) is 5.69 Å². The van der Waals surface area contributed by atoms with Gasteiger partial charge in [-0.05, 0) is 29.8 Å². The SMILES string of the molecule is COc1cc2c(cc1OC)C(=O)N(CCNCCNc1ccccc1)C2. The number of rotatable bonds is 9. The van der Waals surface area contributed by atoms with Crippen molar-refractivity contribution in [2.24, 2.45) is 0 Å². The summed E-state index contributed by atoms with van der Waals surface area (Å²) < 4.78 is 10.6. The Kier molecular flexibility index (Phi) is 5.96. The topological polar surface area (TPSA) is 62.8 Å². The van der Waals surface area contributed by atoms with E-state index in [0.29, 0.717) is 30.2 Å². The standard InChI is InChI=1S/C20H25N3O3/c1-25-18-12-15-14-23(20(24)17(15)13-19(18)26-2)11-10-21-8-9-22-16-6-4-3-5-7-16/h3-7,12-13,21-22H,8-11,14H2,1-2H3. The van der Waals surface area contributed by atoms with E-state index in [1.807, 2.05) is 41.3 Å². The first-order valence-electron chi connectivity index (χ1n) is 8.76. The summed E-state index contributed by atoms with van der Waals surface area (Å²) in [6.45, 7) is 3.71. The second kappa shape index (κ2) is 8.58. The molecular formula is C20H25N3O3. The first-order valence-corrected chi connectivity index (χ1v) is 8.76. The van der Waals surface area contributed by atoms with Gasteiger partial charge in [0.25, 0.3) is 5.91 Å². The van der Waals surface area contributed by atoms with Crippen molar-refractivity contribution in [1.29, 1.82) is 0 Å². The maximum absolute atomic E-state index is 12.6. The highest BCUT2D eigenvalue weighted by molar-refractivity contribution is 5.99. The van der Waals surface area contributed by atoms with Gasteiger partial charge >= 0.3 is 0 Å². The van der Waals surface area contributed by atoms with E-state index in [-0.39, 0.29) is 5.91 Å². The van der Waals surface area contributed by atoms with Crippen molar-refractivity contribution in [2.75, 3.05) is 45.7 Å². The second-order valence-corrected chi connectivity index (χ2v) is 6.13. The molecular weight excluding hydrogens is 330 g/mol. The molecule has 0 atom stereocenters. The van der Waals surface area contributed by atoms with Crippen LogP contribution in [-0.4, -0.2) is 51.2 Å². The summed E-state index contributed by atoms with van der Waals surface area (Å²) >= 11 is 0. The van der Waals surface area contributed by atoms with Crippen molar-refractivity contribution in [3.8, 4) is 11.5 Å². The Balaban J connectivity index is 1.44. The fourth-order valence-electron chi connectivity index (χ4n) is 3.07. The molecule has 0 fully saturated rings. The summed E-state index contributed by atoms with van der Waals surface area (Å²) in [5.74, 6) is 1.29. The van der Waals surface area contributed by atoms with Gasteiger partial charge in [0, 0.05) is 44.0 Å². The molecule has 0 saturated heterocycles. The van der Waals surface area contributed by atoms with Crippen molar-refractivity contribution in [3.63, 3.8) is 0 Å². The van der Waals surface area contributed by atoms with Gasteiger partial charge in [0.1, 0.15) is 0 Å². The number of ether oxygens (including phenoxy) is 2. The zero-order valence-electron chi connectivity index (χ0n) is 15.2. The average Bonchev–Trinajstić information content (AvgIpc) is 2.99. The highest BCUT2D eigenvalue weighted by atomic mass is 16.5. The fourth-order valence-corrected chi connectivity index (χ4v) is 3.07. The highest BCUT2D eigenvalue weighted by Gasteiger charge is 2.28. The molecule has 0 bridgehead atoms. The van der Waals surface area contributed by atoms with Crippen LogP contribution in [0.5, 0.6) is 11.5 Å². The van der Waals surface area contributed by atoms with Gasteiger partial charge in [0.15, 0.2) is 11.5 Å². The lowest BCUT2D eigenvalue weighted by Gasteiger charge is -2.16. The second-order valence-electron chi connectivity index (χ2n) is 6.13. The van der Waals surface area contributed by atoms with Crippen molar-refractivity contribution in [2.45, 2.75) is 6.54 Å². The zero-order valence-corrected chi connectivity index (χ0v) is 15.2. The molecule has 6 nitrogen and oxygen atoms in total. The molecule has 1 aliphatic rings. The molecule has 6 heteroatoms. The summed E-state index contributed by atoms with van der Waals surface area (Å²) in [6.07, 6.45) is 0. The molecule has 0 aliphatic carbocycles. The predicted octanol–water partition coefficient (Wildman–Crippen LogP) is 2.36. The van der Waals surface area contributed by atoms with Gasteiger partial charge in [-0.2, -0.15) is 0 Å². The van der Waals surface area contributed by atoms with Crippen LogP contribution in [0.1, 0.15) is 15.9 Å². The first-order chi connectivity index (χ1) is 12.7. The molecule has 3 rings (SSSR count). The summed E-state index contributed by atoms with van der Waals surface area (Å²) in [5.41, 5.74) is 2.80. The molecule has 0 unspecified atom stereocenters. The third-order valence-electron chi connectivity index (χ3n) is 4.45. The van der Waals surface area contributed by atoms with Gasteiger partial charge in [0.05, 0.1) is 14.2 Å². The normalized spacial score (nSPS) is 12.8. The number of nitrogens with one attached hydrogen (secondary N) is 2. The van der Waals surface area contributed by atoms with E-state index in [1.165, 1.54) is 0 Å². The van der Waals surface area contributed by atoms with Gasteiger partial charge in [-0.15, -0.1) is 0 Å². The number of nitrogens with zero attached hydrogens (tertiary/aromatic N) is 1. The Hall–Kier alpha value is -2.73. The lowest BCUT2D eigenvalue weighted by Crippen LogP contribution is -2.34. The molecule has 2 aromatic rings. The quantitative estimate of drug-likeness (QED) is 0.676. The van der Waals surface area contributed by atoms with Gasteiger partial charge in [-0.1, -0.05) is 18.2 Å². The number of para-hydroxylation sites is 1. The lowest BCUT2D eigenvalue weighted by atomic mass is 10.1. The molecule has 1 heterocycles. The summed E-state index contributed by atoms with van der Waals surface area (Å²) in [5, 5.41) is 6.72. The minimum atomic E-state index is 0.0464. The first kappa shape index (κ1) is 18.1. The summed E-state index contributed by atoms with van der Waals surface area (Å²) in [7, 11) is 3.18. The number of fused-ring (bicyclic) bond motifs is 1. The molecule has 1 amide bonds. The van der Waals surface area contributed by atoms with Crippen LogP contribution < -0.4 is 20.1 Å². The van der Waals surface area contributed by atoms with Crippen LogP contribution in [0.25, 0.3) is 0 Å². The van der Waals surface area contributed by atoms with Gasteiger partial charge in [-0.3, -0.25) is 4.79 Å². The molecule has 0 saturated carbocycles. The van der Waals surface area contributed by atoms with Crippen LogP contribution in [0, 0.1) is 0 Å². The number of benzene rings is 2. The van der Waals surface area contributed by atoms with Crippen LogP contribution >= 0.6 is 0 Å². The molecule has 0 aromatic heterocycles. The Morgan fingerprint density at radius 3 is 2.46 bits per heavy atom. The predicted molar refractivity (Wildman–Crippen MR) is 102 cm³/mol. The average molecular weight is 355 g/mol. The fraction of sp³-hybridized carbons (Fsp3) is 0.350. The minimum Gasteiger partial charge on any atom is -0.493 e. The van der Waals surface area contributed by atoms with E-state index in [4.69, 9.17) is 9.47 Å². The van der Waals surface area contributed by atoms with Gasteiger partial charge < -0.3 is 25.0 Å². The zero-order chi connectivity index (χ0) is 18.4. The van der Waals surface area contributed by atoms with Gasteiger partial charge in [-0.25, -0.2) is 0 Å². The Morgan fingerprint density at radius 2 is 1.73 bits per heavy atom. The molecule has 26 heavy (non-hydrogen) atoms. The van der Waals surface area contributed by atoms with Crippen molar-refractivity contribution < 1.29 is 14.3 Å². The molecule has 138 valence electrons. The number of carbonyl (C=O) groups is 1. The smallest absolute Gasteiger partial charge is 0.254 e. The summed E-state index contributed by atoms with van der Waals surface area (Å²) in [6, 6.07) is 13.8.